The molecule has 0 aliphatic heterocycles. The van der Waals surface area contributed by atoms with Crippen molar-refractivity contribution in [2.75, 3.05) is 0 Å². The van der Waals surface area contributed by atoms with Gasteiger partial charge in [-0.2, -0.15) is 0 Å². The Labute approximate surface area is 110 Å². The van der Waals surface area contributed by atoms with E-state index in [0.29, 0.717) is 16.1 Å². The van der Waals surface area contributed by atoms with Crippen LogP contribution in [0.15, 0.2) is 22.7 Å². The minimum absolute atomic E-state index is 0.00222. The Morgan fingerprint density at radius 3 is 2.59 bits per heavy atom. The molecule has 3 nitrogen and oxygen atoms in total. The van der Waals surface area contributed by atoms with E-state index in [0.717, 1.165) is 6.42 Å². The Bertz CT molecular complexity index is 402. The lowest BCUT2D eigenvalue weighted by molar-refractivity contribution is 0.0688. The molecule has 1 unspecified atom stereocenters. The van der Waals surface area contributed by atoms with Crippen molar-refractivity contribution in [2.45, 2.75) is 33.3 Å². The van der Waals surface area contributed by atoms with E-state index in [4.69, 9.17) is 9.84 Å². The Kier molecular flexibility index (Phi) is 5.00. The molecule has 1 rings (SSSR count). The van der Waals surface area contributed by atoms with Crippen molar-refractivity contribution in [1.29, 1.82) is 0 Å². The minimum Gasteiger partial charge on any atom is -0.490 e. The van der Waals surface area contributed by atoms with Crippen LogP contribution in [0.2, 0.25) is 0 Å². The van der Waals surface area contributed by atoms with E-state index in [2.05, 4.69) is 29.8 Å². The van der Waals surface area contributed by atoms with Gasteiger partial charge in [-0.25, -0.2) is 4.79 Å². The number of rotatable bonds is 5. The number of hydrogen-bond acceptors (Lipinski definition) is 2. The molecule has 0 aromatic heterocycles. The molecule has 1 aromatic rings. The average molecular weight is 301 g/mol. The molecule has 4 heteroatoms. The number of carbonyl (C=O) groups is 1. The Hall–Kier alpha value is -1.03. The summed E-state index contributed by atoms with van der Waals surface area (Å²) in [4.78, 5) is 11.1. The summed E-state index contributed by atoms with van der Waals surface area (Å²) in [5, 5.41) is 9.13. The van der Waals surface area contributed by atoms with Crippen molar-refractivity contribution in [3.8, 4) is 5.75 Å². The first-order valence-electron chi connectivity index (χ1n) is 5.60. The van der Waals surface area contributed by atoms with Gasteiger partial charge in [-0.1, -0.05) is 19.9 Å². The van der Waals surface area contributed by atoms with Gasteiger partial charge in [-0.3, -0.25) is 0 Å². The molecular weight excluding hydrogens is 284 g/mol. The number of carboxylic acids is 1. The lowest BCUT2D eigenvalue weighted by Crippen LogP contribution is -2.16. The molecule has 1 aromatic carbocycles. The summed E-state index contributed by atoms with van der Waals surface area (Å²) in [6.07, 6.45) is 0.897. The smallest absolute Gasteiger partial charge is 0.340 e. The molecule has 0 saturated heterocycles. The van der Waals surface area contributed by atoms with Gasteiger partial charge in [0.1, 0.15) is 11.3 Å². The second-order valence-electron chi connectivity index (χ2n) is 4.48. The molecule has 0 radical (unpaired) electrons. The van der Waals surface area contributed by atoms with Crippen LogP contribution in [0.25, 0.3) is 0 Å². The van der Waals surface area contributed by atoms with E-state index in [1.807, 2.05) is 6.92 Å². The third-order valence-corrected chi connectivity index (χ3v) is 2.98. The molecule has 0 aliphatic rings. The van der Waals surface area contributed by atoms with Gasteiger partial charge in [0, 0.05) is 4.47 Å². The number of halogens is 1. The predicted octanol–water partition coefficient (Wildman–Crippen LogP) is 3.96. The zero-order valence-corrected chi connectivity index (χ0v) is 11.8. The van der Waals surface area contributed by atoms with E-state index >= 15 is 0 Å². The van der Waals surface area contributed by atoms with E-state index in [1.165, 1.54) is 0 Å². The molecule has 0 spiro atoms. The van der Waals surface area contributed by atoms with Crippen molar-refractivity contribution in [3.63, 3.8) is 0 Å². The summed E-state index contributed by atoms with van der Waals surface area (Å²) in [6, 6.07) is 5.16. The lowest BCUT2D eigenvalue weighted by atomic mass is 10.1. The normalized spacial score (nSPS) is 12.5. The van der Waals surface area contributed by atoms with Crippen LogP contribution >= 0.6 is 15.9 Å². The van der Waals surface area contributed by atoms with Crippen LogP contribution in [0.4, 0.5) is 0 Å². The van der Waals surface area contributed by atoms with E-state index < -0.39 is 5.97 Å². The Balaban J connectivity index is 2.91. The summed E-state index contributed by atoms with van der Waals surface area (Å²) in [5.74, 6) is -0.0466. The molecule has 17 heavy (non-hydrogen) atoms. The van der Waals surface area contributed by atoms with Crippen LogP contribution < -0.4 is 4.74 Å². The number of aromatic carboxylic acids is 1. The first-order valence-corrected chi connectivity index (χ1v) is 6.39. The van der Waals surface area contributed by atoms with E-state index in [-0.39, 0.29) is 11.7 Å². The monoisotopic (exact) mass is 300 g/mol. The summed E-state index contributed by atoms with van der Waals surface area (Å²) in [5.41, 5.74) is 0.183. The topological polar surface area (TPSA) is 46.5 Å². The highest BCUT2D eigenvalue weighted by molar-refractivity contribution is 9.10. The van der Waals surface area contributed by atoms with Gasteiger partial charge < -0.3 is 9.84 Å². The minimum atomic E-state index is -0.982. The largest absolute Gasteiger partial charge is 0.490 e. The van der Waals surface area contributed by atoms with Crippen molar-refractivity contribution in [1.82, 2.24) is 0 Å². The molecule has 0 saturated carbocycles. The highest BCUT2D eigenvalue weighted by Gasteiger charge is 2.17. The number of hydrogen-bond donors (Lipinski definition) is 1. The molecule has 0 heterocycles. The SMILES string of the molecule is CC(C)CC(C)Oc1cccc(Br)c1C(=O)O. The molecule has 0 amide bonds. The van der Waals surface area contributed by atoms with E-state index in [1.54, 1.807) is 18.2 Å². The Morgan fingerprint density at radius 2 is 2.06 bits per heavy atom. The fourth-order valence-corrected chi connectivity index (χ4v) is 2.26. The first kappa shape index (κ1) is 14.0. The third-order valence-electron chi connectivity index (χ3n) is 2.32. The van der Waals surface area contributed by atoms with Gasteiger partial charge in [0.15, 0.2) is 0 Å². The quantitative estimate of drug-likeness (QED) is 0.895. The number of carboxylic acid groups (broad SMARTS) is 1. The second-order valence-corrected chi connectivity index (χ2v) is 5.33. The molecule has 1 atom stereocenters. The summed E-state index contributed by atoms with van der Waals surface area (Å²) < 4.78 is 6.23. The summed E-state index contributed by atoms with van der Waals surface area (Å²) >= 11 is 3.23. The van der Waals surface area contributed by atoms with Crippen molar-refractivity contribution < 1.29 is 14.6 Å². The highest BCUT2D eigenvalue weighted by atomic mass is 79.9. The third kappa shape index (κ3) is 4.04. The van der Waals surface area contributed by atoms with Crippen LogP contribution in [0.1, 0.15) is 37.6 Å². The van der Waals surface area contributed by atoms with Gasteiger partial charge in [0.2, 0.25) is 0 Å². The summed E-state index contributed by atoms with van der Waals surface area (Å²) in [6.45, 7) is 6.17. The molecule has 0 bridgehead atoms. The average Bonchev–Trinajstić information content (AvgIpc) is 2.15. The maximum atomic E-state index is 11.1. The first-order chi connectivity index (χ1) is 7.91. The molecule has 0 aliphatic carbocycles. The zero-order chi connectivity index (χ0) is 13.0. The number of benzene rings is 1. The van der Waals surface area contributed by atoms with Crippen molar-refractivity contribution in [2.24, 2.45) is 5.92 Å². The van der Waals surface area contributed by atoms with Crippen LogP contribution in [-0.4, -0.2) is 17.2 Å². The lowest BCUT2D eigenvalue weighted by Gasteiger charge is -2.18. The highest BCUT2D eigenvalue weighted by Crippen LogP contribution is 2.28. The fraction of sp³-hybridized carbons (Fsp3) is 0.462. The zero-order valence-electron chi connectivity index (χ0n) is 10.2. The van der Waals surface area contributed by atoms with E-state index in [9.17, 15) is 4.79 Å². The van der Waals surface area contributed by atoms with Gasteiger partial charge >= 0.3 is 5.97 Å². The van der Waals surface area contributed by atoms with Crippen LogP contribution in [0.3, 0.4) is 0 Å². The number of ether oxygens (including phenoxy) is 1. The fourth-order valence-electron chi connectivity index (χ4n) is 1.74. The summed E-state index contributed by atoms with van der Waals surface area (Å²) in [7, 11) is 0. The van der Waals surface area contributed by atoms with Crippen LogP contribution in [0.5, 0.6) is 5.75 Å². The molecule has 94 valence electrons. The van der Waals surface area contributed by atoms with Gasteiger partial charge in [-0.15, -0.1) is 0 Å². The predicted molar refractivity (Wildman–Crippen MR) is 70.6 cm³/mol. The molecular formula is C13H17BrO3. The van der Waals surface area contributed by atoms with Crippen LogP contribution in [0, 0.1) is 5.92 Å². The standard InChI is InChI=1S/C13H17BrO3/c1-8(2)7-9(3)17-11-6-4-5-10(14)12(11)13(15)16/h4-6,8-9H,7H2,1-3H3,(H,15,16). The van der Waals surface area contributed by atoms with Crippen molar-refractivity contribution in [3.05, 3.63) is 28.2 Å². The Morgan fingerprint density at radius 1 is 1.41 bits per heavy atom. The maximum Gasteiger partial charge on any atom is 0.340 e. The van der Waals surface area contributed by atoms with Crippen molar-refractivity contribution >= 4 is 21.9 Å². The molecule has 1 N–H and O–H groups in total. The maximum absolute atomic E-state index is 11.1. The van der Waals surface area contributed by atoms with Crippen LogP contribution in [-0.2, 0) is 0 Å². The van der Waals surface area contributed by atoms with Gasteiger partial charge in [-0.05, 0) is 47.3 Å². The van der Waals surface area contributed by atoms with Gasteiger partial charge in [0.05, 0.1) is 6.10 Å². The van der Waals surface area contributed by atoms with Gasteiger partial charge in [0.25, 0.3) is 0 Å². The second kappa shape index (κ2) is 6.05. The molecule has 0 fully saturated rings.